The monoisotopic (exact) mass is 336 g/mol. The van der Waals surface area contributed by atoms with Gasteiger partial charge in [0, 0.05) is 15.1 Å². The second-order valence-electron chi connectivity index (χ2n) is 4.51. The summed E-state index contributed by atoms with van der Waals surface area (Å²) in [6.07, 6.45) is 0. The average Bonchev–Trinajstić information content (AvgIpc) is 2.39. The molecule has 0 spiro atoms. The molecule has 0 aliphatic heterocycles. The predicted molar refractivity (Wildman–Crippen MR) is 86.2 cm³/mol. The minimum absolute atomic E-state index is 0.902. The van der Waals surface area contributed by atoms with Crippen LogP contribution in [-0.2, 0) is 5.75 Å². The molecule has 0 unspecified atom stereocenters. The third-order valence-electron chi connectivity index (χ3n) is 2.97. The van der Waals surface area contributed by atoms with E-state index in [-0.39, 0.29) is 0 Å². The van der Waals surface area contributed by atoms with Gasteiger partial charge in [0.1, 0.15) is 5.75 Å². The van der Waals surface area contributed by atoms with Gasteiger partial charge in [-0.1, -0.05) is 33.6 Å². The summed E-state index contributed by atoms with van der Waals surface area (Å²) in [7, 11) is 1.70. The fraction of sp³-hybridized carbons (Fsp3) is 0.250. The topological polar surface area (TPSA) is 9.23 Å². The third kappa shape index (κ3) is 3.77. The van der Waals surface area contributed by atoms with Gasteiger partial charge < -0.3 is 4.74 Å². The highest BCUT2D eigenvalue weighted by Crippen LogP contribution is 2.31. The number of hydrogen-bond donors (Lipinski definition) is 0. The SMILES string of the molecule is COc1ccc(Br)c(CSc2ccc(C)cc2C)c1. The van der Waals surface area contributed by atoms with Crippen LogP contribution in [0, 0.1) is 13.8 Å². The van der Waals surface area contributed by atoms with Crippen molar-refractivity contribution in [1.82, 2.24) is 0 Å². The minimum Gasteiger partial charge on any atom is -0.497 e. The highest BCUT2D eigenvalue weighted by atomic mass is 79.9. The Bertz CT molecular complexity index is 581. The first kappa shape index (κ1) is 14.5. The fourth-order valence-corrected chi connectivity index (χ4v) is 3.48. The molecule has 3 heteroatoms. The molecule has 0 fully saturated rings. The summed E-state index contributed by atoms with van der Waals surface area (Å²) in [5, 5.41) is 0. The van der Waals surface area contributed by atoms with E-state index in [1.807, 2.05) is 23.9 Å². The smallest absolute Gasteiger partial charge is 0.119 e. The molecule has 0 saturated heterocycles. The molecule has 0 atom stereocenters. The molecule has 0 radical (unpaired) electrons. The van der Waals surface area contributed by atoms with Gasteiger partial charge in [-0.15, -0.1) is 11.8 Å². The summed E-state index contributed by atoms with van der Waals surface area (Å²) < 4.78 is 6.40. The van der Waals surface area contributed by atoms with Crippen molar-refractivity contribution in [2.75, 3.05) is 7.11 Å². The lowest BCUT2D eigenvalue weighted by atomic mass is 10.2. The van der Waals surface area contributed by atoms with Crippen LogP contribution in [0.3, 0.4) is 0 Å². The van der Waals surface area contributed by atoms with Gasteiger partial charge in [-0.25, -0.2) is 0 Å². The largest absolute Gasteiger partial charge is 0.497 e. The summed E-state index contributed by atoms with van der Waals surface area (Å²) in [5.74, 6) is 1.83. The van der Waals surface area contributed by atoms with Crippen molar-refractivity contribution in [2.24, 2.45) is 0 Å². The number of aryl methyl sites for hydroxylation is 2. The van der Waals surface area contributed by atoms with Gasteiger partial charge in [0.15, 0.2) is 0 Å². The molecule has 2 aromatic rings. The van der Waals surface area contributed by atoms with Gasteiger partial charge in [-0.3, -0.25) is 0 Å². The highest BCUT2D eigenvalue weighted by molar-refractivity contribution is 9.10. The number of halogens is 1. The first-order valence-electron chi connectivity index (χ1n) is 6.12. The summed E-state index contributed by atoms with van der Waals surface area (Å²) >= 11 is 5.45. The Morgan fingerprint density at radius 1 is 1.11 bits per heavy atom. The van der Waals surface area contributed by atoms with Gasteiger partial charge >= 0.3 is 0 Å². The van der Waals surface area contributed by atoms with E-state index in [0.29, 0.717) is 0 Å². The van der Waals surface area contributed by atoms with E-state index in [1.165, 1.54) is 21.6 Å². The summed E-state index contributed by atoms with van der Waals surface area (Å²) in [5.41, 5.74) is 3.90. The van der Waals surface area contributed by atoms with Crippen molar-refractivity contribution in [1.29, 1.82) is 0 Å². The standard InChI is InChI=1S/C16H17BrOS/c1-11-4-7-16(12(2)8-11)19-10-13-9-14(18-3)5-6-15(13)17/h4-9H,10H2,1-3H3. The van der Waals surface area contributed by atoms with Crippen LogP contribution in [0.4, 0.5) is 0 Å². The molecule has 1 nitrogen and oxygen atoms in total. The quantitative estimate of drug-likeness (QED) is 0.694. The number of methoxy groups -OCH3 is 1. The van der Waals surface area contributed by atoms with E-state index in [9.17, 15) is 0 Å². The van der Waals surface area contributed by atoms with Crippen LogP contribution >= 0.6 is 27.7 Å². The fourth-order valence-electron chi connectivity index (χ4n) is 1.91. The van der Waals surface area contributed by atoms with Crippen LogP contribution in [0.25, 0.3) is 0 Å². The number of hydrogen-bond acceptors (Lipinski definition) is 2. The number of ether oxygens (including phenoxy) is 1. The Hall–Kier alpha value is -0.930. The lowest BCUT2D eigenvalue weighted by Gasteiger charge is -2.09. The Labute approximate surface area is 127 Å². The molecule has 0 saturated carbocycles. The number of benzene rings is 2. The van der Waals surface area contributed by atoms with Crippen molar-refractivity contribution in [3.8, 4) is 5.75 Å². The van der Waals surface area contributed by atoms with Gasteiger partial charge in [-0.2, -0.15) is 0 Å². The van der Waals surface area contributed by atoms with Crippen LogP contribution in [0.5, 0.6) is 5.75 Å². The Morgan fingerprint density at radius 3 is 2.58 bits per heavy atom. The molecule has 0 heterocycles. The third-order valence-corrected chi connectivity index (χ3v) is 4.96. The Kier molecular flexibility index (Phi) is 4.94. The maximum atomic E-state index is 5.27. The van der Waals surface area contributed by atoms with Crippen molar-refractivity contribution < 1.29 is 4.74 Å². The normalized spacial score (nSPS) is 10.5. The maximum Gasteiger partial charge on any atom is 0.119 e. The summed E-state index contributed by atoms with van der Waals surface area (Å²) in [6.45, 7) is 4.29. The van der Waals surface area contributed by atoms with Gasteiger partial charge in [-0.05, 0) is 49.2 Å². The zero-order valence-electron chi connectivity index (χ0n) is 11.4. The molecule has 0 N–H and O–H groups in total. The molecule has 0 aromatic heterocycles. The van der Waals surface area contributed by atoms with E-state index >= 15 is 0 Å². The molecule has 100 valence electrons. The lowest BCUT2D eigenvalue weighted by molar-refractivity contribution is 0.414. The molecular weight excluding hydrogens is 320 g/mol. The van der Waals surface area contributed by atoms with Crippen LogP contribution in [0.1, 0.15) is 16.7 Å². The van der Waals surface area contributed by atoms with E-state index in [2.05, 4.69) is 54.0 Å². The number of rotatable bonds is 4. The van der Waals surface area contributed by atoms with E-state index < -0.39 is 0 Å². The molecule has 19 heavy (non-hydrogen) atoms. The zero-order valence-corrected chi connectivity index (χ0v) is 13.8. The minimum atomic E-state index is 0.902. The Balaban J connectivity index is 2.14. The first-order chi connectivity index (χ1) is 9.10. The molecule has 0 aliphatic carbocycles. The first-order valence-corrected chi connectivity index (χ1v) is 7.90. The van der Waals surface area contributed by atoms with Crippen LogP contribution in [0.2, 0.25) is 0 Å². The summed E-state index contributed by atoms with van der Waals surface area (Å²) in [4.78, 5) is 1.33. The van der Waals surface area contributed by atoms with Crippen molar-refractivity contribution in [3.05, 3.63) is 57.6 Å². The average molecular weight is 337 g/mol. The maximum absolute atomic E-state index is 5.27. The Morgan fingerprint density at radius 2 is 1.89 bits per heavy atom. The number of thioether (sulfide) groups is 1. The molecule has 0 bridgehead atoms. The van der Waals surface area contributed by atoms with Crippen molar-refractivity contribution in [2.45, 2.75) is 24.5 Å². The van der Waals surface area contributed by atoms with Crippen LogP contribution in [0.15, 0.2) is 45.8 Å². The van der Waals surface area contributed by atoms with E-state index in [1.54, 1.807) is 7.11 Å². The molecule has 2 rings (SSSR count). The summed E-state index contributed by atoms with van der Waals surface area (Å²) in [6, 6.07) is 12.7. The van der Waals surface area contributed by atoms with Gasteiger partial charge in [0.05, 0.1) is 7.11 Å². The predicted octanol–water partition coefficient (Wildman–Crippen LogP) is 5.37. The van der Waals surface area contributed by atoms with Crippen molar-refractivity contribution in [3.63, 3.8) is 0 Å². The zero-order chi connectivity index (χ0) is 13.8. The highest BCUT2D eigenvalue weighted by Gasteiger charge is 2.05. The van der Waals surface area contributed by atoms with E-state index in [4.69, 9.17) is 4.74 Å². The molecule has 0 aliphatic rings. The van der Waals surface area contributed by atoms with E-state index in [0.717, 1.165) is 16.0 Å². The molecular formula is C16H17BrOS. The molecule has 0 amide bonds. The van der Waals surface area contributed by atoms with Gasteiger partial charge in [0.25, 0.3) is 0 Å². The van der Waals surface area contributed by atoms with Crippen LogP contribution < -0.4 is 4.74 Å². The van der Waals surface area contributed by atoms with Gasteiger partial charge in [0.2, 0.25) is 0 Å². The van der Waals surface area contributed by atoms with Crippen molar-refractivity contribution >= 4 is 27.7 Å². The second kappa shape index (κ2) is 6.49. The lowest BCUT2D eigenvalue weighted by Crippen LogP contribution is -1.88. The second-order valence-corrected chi connectivity index (χ2v) is 6.39. The molecule has 2 aromatic carbocycles. The van der Waals surface area contributed by atoms with Crippen LogP contribution in [-0.4, -0.2) is 7.11 Å².